The molecule has 0 saturated heterocycles. The minimum absolute atomic E-state index is 0.256. The summed E-state index contributed by atoms with van der Waals surface area (Å²) < 4.78 is 10.2. The zero-order chi connectivity index (χ0) is 14.4. The number of ether oxygens (including phenoxy) is 2. The van der Waals surface area contributed by atoms with Gasteiger partial charge in [0.2, 0.25) is 11.9 Å². The second-order valence-corrected chi connectivity index (χ2v) is 3.85. The third-order valence-electron chi connectivity index (χ3n) is 2.48. The summed E-state index contributed by atoms with van der Waals surface area (Å²) in [4.78, 5) is 12.5. The van der Waals surface area contributed by atoms with Crippen molar-refractivity contribution < 1.29 is 9.47 Å². The Kier molecular flexibility index (Phi) is 4.54. The van der Waals surface area contributed by atoms with Gasteiger partial charge in [0.1, 0.15) is 5.75 Å². The van der Waals surface area contributed by atoms with Gasteiger partial charge < -0.3 is 20.1 Å². The van der Waals surface area contributed by atoms with Gasteiger partial charge in [0.05, 0.1) is 14.2 Å². The van der Waals surface area contributed by atoms with Gasteiger partial charge in [-0.15, -0.1) is 0 Å². The Bertz CT molecular complexity index is 559. The number of hydrogen-bond donors (Lipinski definition) is 2. The molecule has 0 unspecified atom stereocenters. The van der Waals surface area contributed by atoms with E-state index < -0.39 is 0 Å². The average Bonchev–Trinajstić information content (AvgIpc) is 2.48. The van der Waals surface area contributed by atoms with E-state index in [9.17, 15) is 0 Å². The van der Waals surface area contributed by atoms with Crippen molar-refractivity contribution >= 4 is 17.6 Å². The van der Waals surface area contributed by atoms with Crippen LogP contribution < -0.4 is 20.1 Å². The fraction of sp³-hybridized carbons (Fsp3) is 0.308. The molecule has 0 amide bonds. The molecule has 20 heavy (non-hydrogen) atoms. The van der Waals surface area contributed by atoms with Gasteiger partial charge in [0.15, 0.2) is 0 Å². The average molecular weight is 275 g/mol. The van der Waals surface area contributed by atoms with E-state index in [0.717, 1.165) is 18.0 Å². The maximum absolute atomic E-state index is 5.11. The van der Waals surface area contributed by atoms with E-state index in [2.05, 4.69) is 25.6 Å². The monoisotopic (exact) mass is 275 g/mol. The highest BCUT2D eigenvalue weighted by molar-refractivity contribution is 5.55. The van der Waals surface area contributed by atoms with Gasteiger partial charge in [-0.1, -0.05) is 0 Å². The molecule has 0 spiro atoms. The van der Waals surface area contributed by atoms with Crippen LogP contribution in [0.25, 0.3) is 0 Å². The summed E-state index contributed by atoms with van der Waals surface area (Å²) in [5, 5.41) is 6.12. The number of nitrogens with one attached hydrogen (secondary N) is 2. The zero-order valence-electron chi connectivity index (χ0n) is 11.7. The molecule has 2 N–H and O–H groups in total. The molecule has 0 atom stereocenters. The van der Waals surface area contributed by atoms with Gasteiger partial charge in [-0.2, -0.15) is 15.0 Å². The second kappa shape index (κ2) is 6.55. The molecule has 0 saturated carbocycles. The first-order chi connectivity index (χ1) is 9.75. The Labute approximate surface area is 117 Å². The Morgan fingerprint density at radius 1 is 0.950 bits per heavy atom. The van der Waals surface area contributed by atoms with Crippen LogP contribution in [0.2, 0.25) is 0 Å². The van der Waals surface area contributed by atoms with Crippen molar-refractivity contribution in [1.82, 2.24) is 15.0 Å². The normalized spacial score (nSPS) is 9.95. The molecule has 0 radical (unpaired) electrons. The highest BCUT2D eigenvalue weighted by Gasteiger charge is 2.06. The standard InChI is InChI=1S/C13H17N5O2/c1-4-14-11-16-12(18-13(17-11)20-3)15-9-5-7-10(19-2)8-6-9/h5-8H,4H2,1-3H3,(H2,14,15,16,17,18). The molecule has 0 aliphatic heterocycles. The fourth-order valence-electron chi connectivity index (χ4n) is 1.54. The summed E-state index contributed by atoms with van der Waals surface area (Å²) in [5.74, 6) is 1.67. The lowest BCUT2D eigenvalue weighted by molar-refractivity contribution is 0.379. The van der Waals surface area contributed by atoms with Gasteiger partial charge in [0, 0.05) is 12.2 Å². The largest absolute Gasteiger partial charge is 0.497 e. The van der Waals surface area contributed by atoms with Gasteiger partial charge >= 0.3 is 6.01 Å². The molecule has 0 bridgehead atoms. The van der Waals surface area contributed by atoms with Gasteiger partial charge in [-0.05, 0) is 31.2 Å². The molecule has 2 aromatic rings. The van der Waals surface area contributed by atoms with E-state index in [4.69, 9.17) is 9.47 Å². The summed E-state index contributed by atoms with van der Waals surface area (Å²) in [6.07, 6.45) is 0. The molecule has 2 rings (SSSR count). The Hall–Kier alpha value is -2.57. The van der Waals surface area contributed by atoms with Crippen molar-refractivity contribution in [3.8, 4) is 11.8 Å². The molecule has 1 heterocycles. The molecule has 106 valence electrons. The number of nitrogens with zero attached hydrogens (tertiary/aromatic N) is 3. The Morgan fingerprint density at radius 3 is 2.25 bits per heavy atom. The van der Waals surface area contributed by atoms with Crippen LogP contribution in [0.3, 0.4) is 0 Å². The van der Waals surface area contributed by atoms with E-state index >= 15 is 0 Å². The fourth-order valence-corrected chi connectivity index (χ4v) is 1.54. The predicted molar refractivity (Wildman–Crippen MR) is 76.8 cm³/mol. The molecule has 1 aromatic carbocycles. The topological polar surface area (TPSA) is 81.2 Å². The lowest BCUT2D eigenvalue weighted by Crippen LogP contribution is -2.07. The molecule has 7 nitrogen and oxygen atoms in total. The van der Waals surface area contributed by atoms with Crippen molar-refractivity contribution in [1.29, 1.82) is 0 Å². The first-order valence-electron chi connectivity index (χ1n) is 6.20. The lowest BCUT2D eigenvalue weighted by atomic mass is 10.3. The summed E-state index contributed by atoms with van der Waals surface area (Å²) in [6, 6.07) is 7.72. The smallest absolute Gasteiger partial charge is 0.322 e. The van der Waals surface area contributed by atoms with Crippen molar-refractivity contribution in [2.45, 2.75) is 6.92 Å². The number of anilines is 3. The minimum Gasteiger partial charge on any atom is -0.497 e. The van der Waals surface area contributed by atoms with Crippen molar-refractivity contribution in [2.24, 2.45) is 0 Å². The van der Waals surface area contributed by atoms with Gasteiger partial charge in [0.25, 0.3) is 0 Å². The maximum Gasteiger partial charge on any atom is 0.322 e. The van der Waals surface area contributed by atoms with E-state index in [1.807, 2.05) is 31.2 Å². The zero-order valence-corrected chi connectivity index (χ0v) is 11.7. The van der Waals surface area contributed by atoms with Crippen molar-refractivity contribution in [2.75, 3.05) is 31.4 Å². The summed E-state index contributed by atoms with van der Waals surface area (Å²) in [6.45, 7) is 2.68. The van der Waals surface area contributed by atoms with E-state index in [1.165, 1.54) is 7.11 Å². The van der Waals surface area contributed by atoms with Crippen LogP contribution in [0.1, 0.15) is 6.92 Å². The van der Waals surface area contributed by atoms with Crippen LogP contribution in [0, 0.1) is 0 Å². The molecular weight excluding hydrogens is 258 g/mol. The van der Waals surface area contributed by atoms with Gasteiger partial charge in [-0.3, -0.25) is 0 Å². The summed E-state index contributed by atoms with van der Waals surface area (Å²) in [7, 11) is 3.14. The molecule has 0 aliphatic carbocycles. The molecule has 1 aromatic heterocycles. The first kappa shape index (κ1) is 13.9. The Balaban J connectivity index is 2.20. The Morgan fingerprint density at radius 2 is 1.65 bits per heavy atom. The lowest BCUT2D eigenvalue weighted by Gasteiger charge is -2.09. The first-order valence-corrected chi connectivity index (χ1v) is 6.20. The van der Waals surface area contributed by atoms with E-state index in [-0.39, 0.29) is 6.01 Å². The number of hydrogen-bond acceptors (Lipinski definition) is 7. The van der Waals surface area contributed by atoms with Crippen LogP contribution >= 0.6 is 0 Å². The van der Waals surface area contributed by atoms with Crippen molar-refractivity contribution in [3.05, 3.63) is 24.3 Å². The third kappa shape index (κ3) is 3.47. The second-order valence-electron chi connectivity index (χ2n) is 3.85. The maximum atomic E-state index is 5.11. The number of rotatable bonds is 6. The van der Waals surface area contributed by atoms with E-state index in [1.54, 1.807) is 7.11 Å². The van der Waals surface area contributed by atoms with Crippen LogP contribution in [-0.2, 0) is 0 Å². The SMILES string of the molecule is CCNc1nc(Nc2ccc(OC)cc2)nc(OC)n1. The third-order valence-corrected chi connectivity index (χ3v) is 2.48. The molecule has 0 aliphatic rings. The quantitative estimate of drug-likeness (QED) is 0.835. The van der Waals surface area contributed by atoms with Crippen molar-refractivity contribution in [3.63, 3.8) is 0 Å². The number of aromatic nitrogens is 3. The van der Waals surface area contributed by atoms with Crippen LogP contribution in [0.15, 0.2) is 24.3 Å². The number of benzene rings is 1. The van der Waals surface area contributed by atoms with Crippen LogP contribution in [-0.4, -0.2) is 35.7 Å². The van der Waals surface area contributed by atoms with Gasteiger partial charge in [-0.25, -0.2) is 0 Å². The molecule has 0 fully saturated rings. The molecular formula is C13H17N5O2. The summed E-state index contributed by atoms with van der Waals surface area (Å²) >= 11 is 0. The van der Waals surface area contributed by atoms with Crippen LogP contribution in [0.4, 0.5) is 17.6 Å². The predicted octanol–water partition coefficient (Wildman–Crippen LogP) is 2.06. The van der Waals surface area contributed by atoms with E-state index in [0.29, 0.717) is 11.9 Å². The molecule has 7 heteroatoms. The summed E-state index contributed by atoms with van der Waals surface area (Å²) in [5.41, 5.74) is 0.849. The number of methoxy groups -OCH3 is 2. The highest BCUT2D eigenvalue weighted by Crippen LogP contribution is 2.19. The van der Waals surface area contributed by atoms with Crippen LogP contribution in [0.5, 0.6) is 11.8 Å². The highest BCUT2D eigenvalue weighted by atomic mass is 16.5. The minimum atomic E-state index is 0.256.